The molecule has 0 amide bonds. The lowest BCUT2D eigenvalue weighted by Gasteiger charge is -2.17. The molecule has 2 rings (SSSR count). The number of nitrogens with zero attached hydrogens (tertiary/aromatic N) is 1. The Balaban J connectivity index is 2.26. The molecule has 0 atom stereocenters. The fourth-order valence-electron chi connectivity index (χ4n) is 1.79. The molecule has 2 heterocycles. The van der Waals surface area contributed by atoms with Crippen LogP contribution in [0.5, 0.6) is 5.75 Å². The predicted octanol–water partition coefficient (Wildman–Crippen LogP) is 3.56. The largest absolute Gasteiger partial charge is 0.506 e. The Bertz CT molecular complexity index is 536. The highest BCUT2D eigenvalue weighted by Gasteiger charge is 2.14. The Labute approximate surface area is 106 Å². The highest BCUT2D eigenvalue weighted by Crippen LogP contribution is 2.30. The van der Waals surface area contributed by atoms with Gasteiger partial charge in [-0.25, -0.2) is 0 Å². The minimum Gasteiger partial charge on any atom is -0.506 e. The van der Waals surface area contributed by atoms with E-state index >= 15 is 0 Å². The van der Waals surface area contributed by atoms with E-state index in [1.165, 1.54) is 6.20 Å². The molecule has 0 radical (unpaired) electrons. The summed E-state index contributed by atoms with van der Waals surface area (Å²) in [5, 5.41) is 9.22. The van der Waals surface area contributed by atoms with Crippen LogP contribution in [0.1, 0.15) is 19.0 Å². The monoisotopic (exact) mass is 241 g/mol. The minimum atomic E-state index is 0.159. The second kappa shape index (κ2) is 5.36. The first-order chi connectivity index (χ1) is 8.74. The smallest absolute Gasteiger partial charge is 0.133 e. The van der Waals surface area contributed by atoms with Gasteiger partial charge in [0.25, 0.3) is 0 Å². The number of rotatable bonds is 3. The van der Waals surface area contributed by atoms with Crippen molar-refractivity contribution in [2.75, 3.05) is 0 Å². The quantitative estimate of drug-likeness (QED) is 0.879. The molecule has 0 saturated heterocycles. The second-order valence-corrected chi connectivity index (χ2v) is 3.93. The van der Waals surface area contributed by atoms with Gasteiger partial charge in [0.1, 0.15) is 11.5 Å². The number of pyridine rings is 1. The summed E-state index contributed by atoms with van der Waals surface area (Å²) in [4.78, 5) is 4.18. The molecule has 3 nitrogen and oxygen atoms in total. The van der Waals surface area contributed by atoms with Crippen molar-refractivity contribution in [1.82, 2.24) is 4.98 Å². The lowest BCUT2D eigenvalue weighted by atomic mass is 10.00. The third-order valence-electron chi connectivity index (χ3n) is 2.66. The van der Waals surface area contributed by atoms with E-state index in [-0.39, 0.29) is 5.75 Å². The van der Waals surface area contributed by atoms with E-state index in [1.54, 1.807) is 24.5 Å². The van der Waals surface area contributed by atoms with Crippen molar-refractivity contribution >= 4 is 5.57 Å². The summed E-state index contributed by atoms with van der Waals surface area (Å²) < 4.78 is 5.54. The molecule has 3 heteroatoms. The number of allylic oxidation sites excluding steroid dienone is 5. The topological polar surface area (TPSA) is 42.4 Å². The molecule has 18 heavy (non-hydrogen) atoms. The number of aromatic hydroxyl groups is 1. The maximum Gasteiger partial charge on any atom is 0.133 e. The van der Waals surface area contributed by atoms with Crippen LogP contribution in [-0.2, 0) is 4.74 Å². The third-order valence-corrected chi connectivity index (χ3v) is 2.66. The molecule has 0 aromatic carbocycles. The normalized spacial score (nSPS) is 15.5. The SMILES string of the molecule is C=CC1=C(/C=C/C)CC(c2ccc(O)cn2)=CO1. The molecular weight excluding hydrogens is 226 g/mol. The standard InChI is InChI=1S/C15H15NO2/c1-3-5-11-8-12(10-18-15(11)4-2)14-7-6-13(17)9-16-14/h3-7,9-10,17H,2,8H2,1H3/b5-3+. The molecule has 0 spiro atoms. The fourth-order valence-corrected chi connectivity index (χ4v) is 1.79. The maximum atomic E-state index is 9.22. The predicted molar refractivity (Wildman–Crippen MR) is 71.6 cm³/mol. The first-order valence-corrected chi connectivity index (χ1v) is 5.74. The first-order valence-electron chi connectivity index (χ1n) is 5.74. The van der Waals surface area contributed by atoms with E-state index in [2.05, 4.69) is 11.6 Å². The summed E-state index contributed by atoms with van der Waals surface area (Å²) >= 11 is 0. The molecule has 92 valence electrons. The number of hydrogen-bond donors (Lipinski definition) is 1. The Morgan fingerprint density at radius 3 is 2.89 bits per heavy atom. The van der Waals surface area contributed by atoms with Crippen LogP contribution in [0, 0.1) is 0 Å². The van der Waals surface area contributed by atoms with Gasteiger partial charge >= 0.3 is 0 Å². The van der Waals surface area contributed by atoms with Crippen LogP contribution in [0.15, 0.2) is 60.7 Å². The van der Waals surface area contributed by atoms with Crippen molar-refractivity contribution in [1.29, 1.82) is 0 Å². The van der Waals surface area contributed by atoms with Gasteiger partial charge in [-0.15, -0.1) is 0 Å². The van der Waals surface area contributed by atoms with Gasteiger partial charge in [-0.2, -0.15) is 0 Å². The van der Waals surface area contributed by atoms with Crippen molar-refractivity contribution in [2.24, 2.45) is 0 Å². The summed E-state index contributed by atoms with van der Waals surface area (Å²) in [5.41, 5.74) is 2.85. The van der Waals surface area contributed by atoms with Crippen LogP contribution in [0.4, 0.5) is 0 Å². The summed E-state index contributed by atoms with van der Waals surface area (Å²) in [6.45, 7) is 5.69. The van der Waals surface area contributed by atoms with Gasteiger partial charge < -0.3 is 9.84 Å². The van der Waals surface area contributed by atoms with Crippen molar-refractivity contribution in [2.45, 2.75) is 13.3 Å². The number of ether oxygens (including phenoxy) is 1. The molecule has 1 aromatic heterocycles. The van der Waals surface area contributed by atoms with Crippen LogP contribution in [0.25, 0.3) is 5.57 Å². The summed E-state index contributed by atoms with van der Waals surface area (Å²) in [5.74, 6) is 0.933. The molecule has 0 fully saturated rings. The summed E-state index contributed by atoms with van der Waals surface area (Å²) in [7, 11) is 0. The first kappa shape index (κ1) is 12.2. The van der Waals surface area contributed by atoms with Crippen molar-refractivity contribution in [3.05, 3.63) is 66.4 Å². The average molecular weight is 241 g/mol. The molecule has 1 aliphatic rings. The Morgan fingerprint density at radius 2 is 2.28 bits per heavy atom. The van der Waals surface area contributed by atoms with Crippen molar-refractivity contribution < 1.29 is 9.84 Å². The van der Waals surface area contributed by atoms with Crippen molar-refractivity contribution in [3.63, 3.8) is 0 Å². The summed E-state index contributed by atoms with van der Waals surface area (Å²) in [6, 6.07) is 3.39. The number of aromatic nitrogens is 1. The molecule has 0 unspecified atom stereocenters. The maximum absolute atomic E-state index is 9.22. The zero-order valence-corrected chi connectivity index (χ0v) is 10.3. The zero-order valence-electron chi connectivity index (χ0n) is 10.3. The van der Waals surface area contributed by atoms with Gasteiger partial charge in [0.15, 0.2) is 0 Å². The van der Waals surface area contributed by atoms with Gasteiger partial charge in [-0.05, 0) is 30.7 Å². The second-order valence-electron chi connectivity index (χ2n) is 3.93. The van der Waals surface area contributed by atoms with Crippen LogP contribution in [0.3, 0.4) is 0 Å². The van der Waals surface area contributed by atoms with E-state index in [9.17, 15) is 5.11 Å². The molecule has 0 saturated carbocycles. The molecule has 1 aromatic rings. The van der Waals surface area contributed by atoms with E-state index < -0.39 is 0 Å². The van der Waals surface area contributed by atoms with E-state index in [0.29, 0.717) is 0 Å². The Kier molecular flexibility index (Phi) is 3.63. The van der Waals surface area contributed by atoms with E-state index in [4.69, 9.17) is 4.74 Å². The van der Waals surface area contributed by atoms with Gasteiger partial charge in [0, 0.05) is 12.0 Å². The van der Waals surface area contributed by atoms with E-state index in [1.807, 2.05) is 19.1 Å². The highest BCUT2D eigenvalue weighted by atomic mass is 16.5. The van der Waals surface area contributed by atoms with Gasteiger partial charge in [0.05, 0.1) is 18.2 Å². The molecule has 0 bridgehead atoms. The van der Waals surface area contributed by atoms with Crippen LogP contribution >= 0.6 is 0 Å². The van der Waals surface area contributed by atoms with Crippen molar-refractivity contribution in [3.8, 4) is 5.75 Å². The average Bonchev–Trinajstić information content (AvgIpc) is 2.40. The van der Waals surface area contributed by atoms with Gasteiger partial charge in [-0.1, -0.05) is 18.7 Å². The summed E-state index contributed by atoms with van der Waals surface area (Å²) in [6.07, 6.45) is 9.53. The van der Waals surface area contributed by atoms with Gasteiger partial charge in [0.2, 0.25) is 0 Å². The Morgan fingerprint density at radius 1 is 1.44 bits per heavy atom. The molecule has 0 aliphatic carbocycles. The van der Waals surface area contributed by atoms with Crippen LogP contribution in [0.2, 0.25) is 0 Å². The molecule has 1 N–H and O–H groups in total. The third kappa shape index (κ3) is 2.51. The molecule has 1 aliphatic heterocycles. The van der Waals surface area contributed by atoms with Gasteiger partial charge in [-0.3, -0.25) is 4.98 Å². The fraction of sp³-hybridized carbons (Fsp3) is 0.133. The zero-order chi connectivity index (χ0) is 13.0. The Hall–Kier alpha value is -2.29. The molecular formula is C15H15NO2. The van der Waals surface area contributed by atoms with Crippen LogP contribution in [-0.4, -0.2) is 10.1 Å². The van der Waals surface area contributed by atoms with E-state index in [0.717, 1.165) is 29.0 Å². The van der Waals surface area contributed by atoms with Crippen LogP contribution < -0.4 is 0 Å². The number of hydrogen-bond acceptors (Lipinski definition) is 3. The minimum absolute atomic E-state index is 0.159. The highest BCUT2D eigenvalue weighted by molar-refractivity contribution is 5.67. The lowest BCUT2D eigenvalue weighted by Crippen LogP contribution is -2.00. The lowest BCUT2D eigenvalue weighted by molar-refractivity contribution is 0.358.